The highest BCUT2D eigenvalue weighted by Crippen LogP contribution is 2.27. The van der Waals surface area contributed by atoms with E-state index in [2.05, 4.69) is 30.9 Å². The van der Waals surface area contributed by atoms with Gasteiger partial charge in [0.2, 0.25) is 0 Å². The molecular weight excluding hydrogens is 310 g/mol. The molecule has 0 amide bonds. The molecule has 19 heavy (non-hydrogen) atoms. The van der Waals surface area contributed by atoms with Crippen molar-refractivity contribution in [1.29, 1.82) is 0 Å². The molecule has 0 atom stereocenters. The highest BCUT2D eigenvalue weighted by molar-refractivity contribution is 9.10. The van der Waals surface area contributed by atoms with Crippen molar-refractivity contribution in [2.45, 2.75) is 0 Å². The number of carbonyl (C=O) groups is 1. The third-order valence-corrected chi connectivity index (χ3v) is 3.40. The Morgan fingerprint density at radius 2 is 2.11 bits per heavy atom. The summed E-state index contributed by atoms with van der Waals surface area (Å²) in [5.74, 6) is -0.357. The zero-order chi connectivity index (χ0) is 13.4. The summed E-state index contributed by atoms with van der Waals surface area (Å²) in [5.41, 5.74) is 2.13. The predicted octanol–water partition coefficient (Wildman–Crippen LogP) is 3.09. The normalized spacial score (nSPS) is 10.8. The number of hydrogen-bond donors (Lipinski definition) is 2. The SMILES string of the molecule is O=C(O)c1cnc2nc(-c3ccccc3Br)[nH]c2c1. The number of H-pyrrole nitrogens is 1. The van der Waals surface area contributed by atoms with Gasteiger partial charge in [-0.3, -0.25) is 0 Å². The molecule has 6 heteroatoms. The largest absolute Gasteiger partial charge is 0.478 e. The Hall–Kier alpha value is -2.21. The summed E-state index contributed by atoms with van der Waals surface area (Å²) in [6, 6.07) is 9.18. The predicted molar refractivity (Wildman–Crippen MR) is 74.0 cm³/mol. The monoisotopic (exact) mass is 317 g/mol. The highest BCUT2D eigenvalue weighted by atomic mass is 79.9. The molecule has 2 aromatic heterocycles. The minimum Gasteiger partial charge on any atom is -0.478 e. The van der Waals surface area contributed by atoms with Crippen molar-refractivity contribution in [3.05, 3.63) is 46.6 Å². The van der Waals surface area contributed by atoms with Crippen molar-refractivity contribution >= 4 is 33.1 Å². The molecule has 2 N–H and O–H groups in total. The first-order valence-electron chi connectivity index (χ1n) is 5.49. The lowest BCUT2D eigenvalue weighted by Gasteiger charge is -1.98. The van der Waals surface area contributed by atoms with Crippen LogP contribution in [-0.2, 0) is 0 Å². The number of imidazole rings is 1. The Morgan fingerprint density at radius 3 is 2.84 bits per heavy atom. The van der Waals surface area contributed by atoms with Gasteiger partial charge >= 0.3 is 5.97 Å². The van der Waals surface area contributed by atoms with Gasteiger partial charge in [-0.15, -0.1) is 0 Å². The van der Waals surface area contributed by atoms with Gasteiger partial charge in [-0.2, -0.15) is 0 Å². The van der Waals surface area contributed by atoms with Gasteiger partial charge in [0, 0.05) is 16.2 Å². The van der Waals surface area contributed by atoms with Gasteiger partial charge in [0.15, 0.2) is 5.65 Å². The summed E-state index contributed by atoms with van der Waals surface area (Å²) >= 11 is 3.45. The smallest absolute Gasteiger partial charge is 0.337 e. The third kappa shape index (κ3) is 2.10. The van der Waals surface area contributed by atoms with Gasteiger partial charge in [0.25, 0.3) is 0 Å². The lowest BCUT2D eigenvalue weighted by molar-refractivity contribution is 0.0696. The van der Waals surface area contributed by atoms with E-state index in [1.807, 2.05) is 24.3 Å². The summed E-state index contributed by atoms with van der Waals surface area (Å²) in [4.78, 5) is 22.4. The molecule has 0 radical (unpaired) electrons. The van der Waals surface area contributed by atoms with Gasteiger partial charge < -0.3 is 10.1 Å². The van der Waals surface area contributed by atoms with E-state index in [1.54, 1.807) is 0 Å². The van der Waals surface area contributed by atoms with E-state index in [1.165, 1.54) is 12.3 Å². The summed E-state index contributed by atoms with van der Waals surface area (Å²) in [5, 5.41) is 8.93. The number of nitrogens with zero attached hydrogens (tertiary/aromatic N) is 2. The fraction of sp³-hybridized carbons (Fsp3) is 0. The van der Waals surface area contributed by atoms with E-state index in [-0.39, 0.29) is 5.56 Å². The molecule has 3 rings (SSSR count). The van der Waals surface area contributed by atoms with Crippen molar-refractivity contribution in [2.75, 3.05) is 0 Å². The number of pyridine rings is 1. The quantitative estimate of drug-likeness (QED) is 0.761. The molecule has 0 saturated carbocycles. The summed E-state index contributed by atoms with van der Waals surface area (Å²) in [6.07, 6.45) is 1.30. The topological polar surface area (TPSA) is 78.9 Å². The molecular formula is C13H8BrN3O2. The van der Waals surface area contributed by atoms with Crippen LogP contribution in [0.25, 0.3) is 22.6 Å². The number of hydrogen-bond acceptors (Lipinski definition) is 3. The van der Waals surface area contributed by atoms with Crippen molar-refractivity contribution in [1.82, 2.24) is 15.0 Å². The Labute approximate surface area is 116 Å². The van der Waals surface area contributed by atoms with Crippen LogP contribution in [0.1, 0.15) is 10.4 Å². The lowest BCUT2D eigenvalue weighted by atomic mass is 10.2. The van der Waals surface area contributed by atoms with E-state index in [4.69, 9.17) is 5.11 Å². The number of carboxylic acid groups (broad SMARTS) is 1. The lowest BCUT2D eigenvalue weighted by Crippen LogP contribution is -1.96. The van der Waals surface area contributed by atoms with Gasteiger partial charge in [0.1, 0.15) is 5.82 Å². The summed E-state index contributed by atoms with van der Waals surface area (Å²) in [6.45, 7) is 0. The number of aromatic carboxylic acids is 1. The Kier molecular flexibility index (Phi) is 2.79. The molecule has 94 valence electrons. The van der Waals surface area contributed by atoms with E-state index in [0.29, 0.717) is 17.0 Å². The Bertz CT molecular complexity index is 782. The summed E-state index contributed by atoms with van der Waals surface area (Å²) in [7, 11) is 0. The maximum atomic E-state index is 10.9. The van der Waals surface area contributed by atoms with Crippen LogP contribution in [0.15, 0.2) is 41.0 Å². The number of nitrogens with one attached hydrogen (secondary N) is 1. The second-order valence-electron chi connectivity index (χ2n) is 3.97. The van der Waals surface area contributed by atoms with Crippen LogP contribution in [0.5, 0.6) is 0 Å². The number of aromatic amines is 1. The number of benzene rings is 1. The minimum atomic E-state index is -1.01. The first kappa shape index (κ1) is 11.9. The van der Waals surface area contributed by atoms with Crippen molar-refractivity contribution in [3.63, 3.8) is 0 Å². The molecule has 0 spiro atoms. The van der Waals surface area contributed by atoms with E-state index < -0.39 is 5.97 Å². The van der Waals surface area contributed by atoms with Gasteiger partial charge in [-0.1, -0.05) is 34.1 Å². The Morgan fingerprint density at radius 1 is 1.32 bits per heavy atom. The van der Waals surface area contributed by atoms with E-state index >= 15 is 0 Å². The van der Waals surface area contributed by atoms with Crippen LogP contribution in [0, 0.1) is 0 Å². The van der Waals surface area contributed by atoms with Crippen molar-refractivity contribution in [2.24, 2.45) is 0 Å². The summed E-state index contributed by atoms with van der Waals surface area (Å²) < 4.78 is 0.910. The number of fused-ring (bicyclic) bond motifs is 1. The van der Waals surface area contributed by atoms with Crippen molar-refractivity contribution < 1.29 is 9.90 Å². The average Bonchev–Trinajstić information content (AvgIpc) is 2.81. The minimum absolute atomic E-state index is 0.134. The molecule has 0 aliphatic rings. The number of aromatic nitrogens is 3. The van der Waals surface area contributed by atoms with E-state index in [9.17, 15) is 4.79 Å². The molecule has 1 aromatic carbocycles. The molecule has 0 aliphatic heterocycles. The molecule has 0 saturated heterocycles. The molecule has 3 aromatic rings. The molecule has 0 fully saturated rings. The van der Waals surface area contributed by atoms with Crippen LogP contribution in [0.4, 0.5) is 0 Å². The van der Waals surface area contributed by atoms with Crippen LogP contribution in [0.3, 0.4) is 0 Å². The second kappa shape index (κ2) is 4.47. The molecule has 0 bridgehead atoms. The number of halogens is 1. The number of rotatable bonds is 2. The first-order chi connectivity index (χ1) is 9.15. The average molecular weight is 318 g/mol. The maximum absolute atomic E-state index is 10.9. The fourth-order valence-corrected chi connectivity index (χ4v) is 2.27. The second-order valence-corrected chi connectivity index (χ2v) is 4.82. The van der Waals surface area contributed by atoms with Crippen LogP contribution >= 0.6 is 15.9 Å². The van der Waals surface area contributed by atoms with Gasteiger partial charge in [-0.25, -0.2) is 14.8 Å². The van der Waals surface area contributed by atoms with Gasteiger partial charge in [-0.05, 0) is 12.1 Å². The molecule has 0 aliphatic carbocycles. The fourth-order valence-electron chi connectivity index (χ4n) is 1.80. The number of carboxylic acids is 1. The molecule has 5 nitrogen and oxygen atoms in total. The molecule has 0 unspecified atom stereocenters. The maximum Gasteiger partial charge on any atom is 0.337 e. The van der Waals surface area contributed by atoms with Crippen LogP contribution < -0.4 is 0 Å². The zero-order valence-electron chi connectivity index (χ0n) is 9.59. The van der Waals surface area contributed by atoms with E-state index in [0.717, 1.165) is 10.0 Å². The highest BCUT2D eigenvalue weighted by Gasteiger charge is 2.11. The van der Waals surface area contributed by atoms with Crippen LogP contribution in [0.2, 0.25) is 0 Å². The van der Waals surface area contributed by atoms with Crippen LogP contribution in [-0.4, -0.2) is 26.0 Å². The van der Waals surface area contributed by atoms with Gasteiger partial charge in [0.05, 0.1) is 11.1 Å². The standard InChI is InChI=1S/C13H8BrN3O2/c14-9-4-2-1-3-8(9)11-16-10-5-7(13(18)19)6-15-12(10)17-11/h1-6H,(H,18,19)(H,15,16,17). The first-order valence-corrected chi connectivity index (χ1v) is 6.28. The zero-order valence-corrected chi connectivity index (χ0v) is 11.2. The third-order valence-electron chi connectivity index (χ3n) is 2.71. The molecule has 2 heterocycles. The Balaban J connectivity index is 2.17. The van der Waals surface area contributed by atoms with Crippen molar-refractivity contribution in [3.8, 4) is 11.4 Å².